The fraction of sp³-hybridized carbons (Fsp3) is 0.143. The molecule has 0 heterocycles. The lowest BCUT2D eigenvalue weighted by molar-refractivity contribution is 0.0926. The Labute approximate surface area is 107 Å². The Hall–Kier alpha value is -1.88. The average molecular weight is 270 g/mol. The van der Waals surface area contributed by atoms with Gasteiger partial charge in [0.15, 0.2) is 17.5 Å². The van der Waals surface area contributed by atoms with E-state index in [4.69, 9.17) is 0 Å². The second kappa shape index (κ2) is 4.66. The standard InChI is InChI=1S/C14H10F4O/c1-14(19,8-4-2-3-5-10(8)15)9-6-7-11(16)13(18)12(9)17/h2-7,19H,1H3. The maximum atomic E-state index is 13.7. The largest absolute Gasteiger partial charge is 0.380 e. The summed E-state index contributed by atoms with van der Waals surface area (Å²) >= 11 is 0. The molecule has 5 heteroatoms. The molecule has 0 fully saturated rings. The van der Waals surface area contributed by atoms with E-state index in [2.05, 4.69) is 0 Å². The Kier molecular flexibility index (Phi) is 3.32. The van der Waals surface area contributed by atoms with Crippen molar-refractivity contribution in [1.29, 1.82) is 0 Å². The quantitative estimate of drug-likeness (QED) is 0.654. The van der Waals surface area contributed by atoms with Crippen molar-refractivity contribution < 1.29 is 22.7 Å². The van der Waals surface area contributed by atoms with Gasteiger partial charge in [-0.05, 0) is 25.1 Å². The van der Waals surface area contributed by atoms with Crippen molar-refractivity contribution in [2.24, 2.45) is 0 Å². The average Bonchev–Trinajstić information content (AvgIpc) is 2.36. The van der Waals surface area contributed by atoms with E-state index in [9.17, 15) is 22.7 Å². The van der Waals surface area contributed by atoms with Crippen LogP contribution in [0.4, 0.5) is 17.6 Å². The predicted octanol–water partition coefficient (Wildman–Crippen LogP) is 3.50. The molecule has 2 aromatic carbocycles. The molecule has 0 aliphatic heterocycles. The maximum absolute atomic E-state index is 13.7. The van der Waals surface area contributed by atoms with Gasteiger partial charge in [-0.25, -0.2) is 17.6 Å². The topological polar surface area (TPSA) is 20.2 Å². The summed E-state index contributed by atoms with van der Waals surface area (Å²) in [5.74, 6) is -5.37. The van der Waals surface area contributed by atoms with Crippen LogP contribution in [0, 0.1) is 23.3 Å². The van der Waals surface area contributed by atoms with Crippen LogP contribution in [0.3, 0.4) is 0 Å². The molecule has 1 nitrogen and oxygen atoms in total. The molecule has 0 aliphatic rings. The van der Waals surface area contributed by atoms with Gasteiger partial charge in [-0.15, -0.1) is 0 Å². The van der Waals surface area contributed by atoms with E-state index in [1.165, 1.54) is 18.2 Å². The van der Waals surface area contributed by atoms with E-state index in [-0.39, 0.29) is 5.56 Å². The Balaban J connectivity index is 2.64. The minimum Gasteiger partial charge on any atom is -0.380 e. The molecule has 1 unspecified atom stereocenters. The first-order chi connectivity index (χ1) is 8.85. The smallest absolute Gasteiger partial charge is 0.194 e. The van der Waals surface area contributed by atoms with Gasteiger partial charge in [-0.3, -0.25) is 0 Å². The normalized spacial score (nSPS) is 14.2. The van der Waals surface area contributed by atoms with Gasteiger partial charge in [0.1, 0.15) is 11.4 Å². The SMILES string of the molecule is CC(O)(c1ccccc1F)c1ccc(F)c(F)c1F. The molecule has 19 heavy (non-hydrogen) atoms. The molecule has 100 valence electrons. The third-order valence-electron chi connectivity index (χ3n) is 2.96. The fourth-order valence-corrected chi connectivity index (χ4v) is 1.90. The summed E-state index contributed by atoms with van der Waals surface area (Å²) in [6.45, 7) is 1.11. The van der Waals surface area contributed by atoms with Gasteiger partial charge in [0.2, 0.25) is 0 Å². The summed E-state index contributed by atoms with van der Waals surface area (Å²) in [5, 5.41) is 10.3. The first-order valence-electron chi connectivity index (χ1n) is 5.47. The summed E-state index contributed by atoms with van der Waals surface area (Å²) in [5.41, 5.74) is -2.86. The number of halogens is 4. The molecule has 0 saturated carbocycles. The van der Waals surface area contributed by atoms with Crippen LogP contribution in [-0.4, -0.2) is 5.11 Å². The van der Waals surface area contributed by atoms with Gasteiger partial charge in [-0.2, -0.15) is 0 Å². The highest BCUT2D eigenvalue weighted by molar-refractivity contribution is 5.37. The van der Waals surface area contributed by atoms with Crippen molar-refractivity contribution in [3.8, 4) is 0 Å². The first kappa shape index (κ1) is 13.5. The Morgan fingerprint density at radius 3 is 2.05 bits per heavy atom. The summed E-state index contributed by atoms with van der Waals surface area (Å²) < 4.78 is 53.4. The van der Waals surface area contributed by atoms with E-state index in [1.54, 1.807) is 0 Å². The highest BCUT2D eigenvalue weighted by atomic mass is 19.2. The molecule has 0 radical (unpaired) electrons. The van der Waals surface area contributed by atoms with Crippen molar-refractivity contribution >= 4 is 0 Å². The highest BCUT2D eigenvalue weighted by Gasteiger charge is 2.33. The van der Waals surface area contributed by atoms with Crippen LogP contribution in [0.25, 0.3) is 0 Å². The Morgan fingerprint density at radius 1 is 0.789 bits per heavy atom. The van der Waals surface area contributed by atoms with Crippen molar-refractivity contribution in [1.82, 2.24) is 0 Å². The third kappa shape index (κ3) is 2.21. The summed E-state index contributed by atoms with van der Waals surface area (Å²) in [4.78, 5) is 0. The van der Waals surface area contributed by atoms with Crippen molar-refractivity contribution in [3.63, 3.8) is 0 Å². The zero-order chi connectivity index (χ0) is 14.2. The first-order valence-corrected chi connectivity index (χ1v) is 5.47. The highest BCUT2D eigenvalue weighted by Crippen LogP contribution is 2.33. The molecular formula is C14H10F4O. The Morgan fingerprint density at radius 2 is 1.42 bits per heavy atom. The predicted molar refractivity (Wildman–Crippen MR) is 61.4 cm³/mol. The second-order valence-electron chi connectivity index (χ2n) is 4.27. The fourth-order valence-electron chi connectivity index (χ4n) is 1.90. The molecule has 0 aliphatic carbocycles. The van der Waals surface area contributed by atoms with Crippen LogP contribution in [0.5, 0.6) is 0 Å². The molecule has 0 saturated heterocycles. The van der Waals surface area contributed by atoms with Gasteiger partial charge >= 0.3 is 0 Å². The Bertz CT molecular complexity index is 623. The molecular weight excluding hydrogens is 260 g/mol. The van der Waals surface area contributed by atoms with Gasteiger partial charge in [-0.1, -0.05) is 18.2 Å². The van der Waals surface area contributed by atoms with E-state index < -0.39 is 34.4 Å². The van der Waals surface area contributed by atoms with Crippen LogP contribution in [0.2, 0.25) is 0 Å². The van der Waals surface area contributed by atoms with Crippen LogP contribution in [-0.2, 0) is 5.60 Å². The zero-order valence-corrected chi connectivity index (χ0v) is 9.92. The molecule has 1 N–H and O–H groups in total. The summed E-state index contributed by atoms with van der Waals surface area (Å²) in [6.07, 6.45) is 0. The molecule has 2 aromatic rings. The minimum atomic E-state index is -2.11. The second-order valence-corrected chi connectivity index (χ2v) is 4.27. The molecule has 0 spiro atoms. The minimum absolute atomic E-state index is 0.222. The third-order valence-corrected chi connectivity index (χ3v) is 2.96. The van der Waals surface area contributed by atoms with E-state index in [1.807, 2.05) is 0 Å². The molecule has 0 aromatic heterocycles. The van der Waals surface area contributed by atoms with E-state index >= 15 is 0 Å². The molecule has 1 atom stereocenters. The monoisotopic (exact) mass is 270 g/mol. The lowest BCUT2D eigenvalue weighted by Gasteiger charge is -2.25. The van der Waals surface area contributed by atoms with Crippen LogP contribution >= 0.6 is 0 Å². The lowest BCUT2D eigenvalue weighted by Crippen LogP contribution is -2.26. The van der Waals surface area contributed by atoms with Crippen LogP contribution in [0.15, 0.2) is 36.4 Å². The van der Waals surface area contributed by atoms with E-state index in [0.29, 0.717) is 6.07 Å². The van der Waals surface area contributed by atoms with Gasteiger partial charge in [0.05, 0.1) is 0 Å². The summed E-state index contributed by atoms with van der Waals surface area (Å²) in [7, 11) is 0. The number of hydrogen-bond acceptors (Lipinski definition) is 1. The van der Waals surface area contributed by atoms with E-state index in [0.717, 1.165) is 19.1 Å². The number of hydrogen-bond donors (Lipinski definition) is 1. The molecule has 0 bridgehead atoms. The van der Waals surface area contributed by atoms with Crippen molar-refractivity contribution in [2.45, 2.75) is 12.5 Å². The molecule has 2 rings (SSSR count). The van der Waals surface area contributed by atoms with Crippen molar-refractivity contribution in [3.05, 3.63) is 70.8 Å². The number of aliphatic hydroxyl groups is 1. The number of benzene rings is 2. The van der Waals surface area contributed by atoms with Crippen LogP contribution < -0.4 is 0 Å². The number of rotatable bonds is 2. The van der Waals surface area contributed by atoms with Gasteiger partial charge in [0.25, 0.3) is 0 Å². The zero-order valence-electron chi connectivity index (χ0n) is 9.92. The maximum Gasteiger partial charge on any atom is 0.194 e. The van der Waals surface area contributed by atoms with Crippen molar-refractivity contribution in [2.75, 3.05) is 0 Å². The summed E-state index contributed by atoms with van der Waals surface area (Å²) in [6, 6.07) is 6.75. The van der Waals surface area contributed by atoms with Crippen LogP contribution in [0.1, 0.15) is 18.1 Å². The van der Waals surface area contributed by atoms with Gasteiger partial charge in [0, 0.05) is 11.1 Å². The molecule has 0 amide bonds. The lowest BCUT2D eigenvalue weighted by atomic mass is 9.87. The van der Waals surface area contributed by atoms with Gasteiger partial charge < -0.3 is 5.11 Å².